The molecule has 156 valence electrons. The van der Waals surface area contributed by atoms with E-state index >= 15 is 0 Å². The summed E-state index contributed by atoms with van der Waals surface area (Å²) >= 11 is 1.51. The van der Waals surface area contributed by atoms with Gasteiger partial charge in [0.05, 0.1) is 41.5 Å². The first-order chi connectivity index (χ1) is 14.7. The Labute approximate surface area is 177 Å². The van der Waals surface area contributed by atoms with Crippen LogP contribution in [0.25, 0.3) is 11.0 Å². The first-order valence-corrected chi connectivity index (χ1v) is 10.9. The Balaban J connectivity index is 1.71. The summed E-state index contributed by atoms with van der Waals surface area (Å²) in [6.07, 6.45) is 8.13. The highest BCUT2D eigenvalue weighted by Crippen LogP contribution is 2.45. The summed E-state index contributed by atoms with van der Waals surface area (Å²) in [5.74, 6) is 0.345. The van der Waals surface area contributed by atoms with Crippen LogP contribution in [0.2, 0.25) is 0 Å². The number of amides is 1. The van der Waals surface area contributed by atoms with Gasteiger partial charge in [-0.25, -0.2) is 4.98 Å². The summed E-state index contributed by atoms with van der Waals surface area (Å²) in [6, 6.07) is 3.59. The number of aliphatic hydroxyl groups excluding tert-OH is 1. The number of ether oxygens (including phenoxy) is 1. The van der Waals surface area contributed by atoms with Crippen LogP contribution in [-0.2, 0) is 4.74 Å². The van der Waals surface area contributed by atoms with Crippen molar-refractivity contribution in [3.05, 3.63) is 52.2 Å². The molecule has 4 heterocycles. The van der Waals surface area contributed by atoms with Gasteiger partial charge in [-0.05, 0) is 12.1 Å². The van der Waals surface area contributed by atoms with E-state index < -0.39 is 5.91 Å². The van der Waals surface area contributed by atoms with E-state index in [0.29, 0.717) is 29.3 Å². The fourth-order valence-electron chi connectivity index (χ4n) is 4.11. The highest BCUT2D eigenvalue weighted by molar-refractivity contribution is 8.00. The van der Waals surface area contributed by atoms with Gasteiger partial charge in [-0.2, -0.15) is 0 Å². The molecule has 30 heavy (non-hydrogen) atoms. The largest absolute Gasteiger partial charge is 0.395 e. The molecule has 0 bridgehead atoms. The van der Waals surface area contributed by atoms with Crippen LogP contribution in [0.5, 0.6) is 0 Å². The third-order valence-electron chi connectivity index (χ3n) is 5.56. The molecule has 1 saturated heterocycles. The average Bonchev–Trinajstić information content (AvgIpc) is 3.17. The molecule has 5 rings (SSSR count). The number of nitrogens with one attached hydrogen (secondary N) is 1. The van der Waals surface area contributed by atoms with Crippen LogP contribution in [-0.4, -0.2) is 65.3 Å². The topological polar surface area (TPSA) is 96.7 Å². The second-order valence-corrected chi connectivity index (χ2v) is 8.51. The number of rotatable bonds is 4. The number of allylic oxidation sites excluding steroid dienone is 3. The molecule has 3 aliphatic rings. The third kappa shape index (κ3) is 3.13. The third-order valence-corrected chi connectivity index (χ3v) is 6.89. The van der Waals surface area contributed by atoms with Gasteiger partial charge in [-0.15, -0.1) is 0 Å². The lowest BCUT2D eigenvalue weighted by molar-refractivity contribution is 0.0939. The highest BCUT2D eigenvalue weighted by atomic mass is 32.2. The van der Waals surface area contributed by atoms with Crippen molar-refractivity contribution in [1.82, 2.24) is 14.9 Å². The monoisotopic (exact) mass is 426 g/mol. The van der Waals surface area contributed by atoms with E-state index in [9.17, 15) is 9.59 Å². The zero-order valence-electron chi connectivity index (χ0n) is 16.3. The average molecular weight is 426 g/mol. The van der Waals surface area contributed by atoms with Crippen molar-refractivity contribution in [1.29, 1.82) is 0 Å². The maximum absolute atomic E-state index is 13.3. The number of carbonyl (C=O) groups is 1. The number of hydrogen-bond donors (Lipinski definition) is 2. The van der Waals surface area contributed by atoms with E-state index in [1.165, 1.54) is 11.8 Å². The van der Waals surface area contributed by atoms with Crippen LogP contribution in [0.15, 0.2) is 46.3 Å². The summed E-state index contributed by atoms with van der Waals surface area (Å²) in [5, 5.41) is 12.9. The molecular weight excluding hydrogens is 404 g/mol. The first-order valence-electron chi connectivity index (χ1n) is 10.0. The van der Waals surface area contributed by atoms with Gasteiger partial charge in [-0.3, -0.25) is 9.59 Å². The smallest absolute Gasteiger partial charge is 0.258 e. The molecule has 2 N–H and O–H groups in total. The van der Waals surface area contributed by atoms with E-state index in [-0.39, 0.29) is 35.4 Å². The van der Waals surface area contributed by atoms with Crippen LogP contribution in [0.1, 0.15) is 16.4 Å². The molecule has 0 radical (unpaired) electrons. The summed E-state index contributed by atoms with van der Waals surface area (Å²) in [7, 11) is 0. The predicted molar refractivity (Wildman–Crippen MR) is 115 cm³/mol. The molecule has 0 saturated carbocycles. The SMILES string of the molecule is O=C(NCCO)c1c2n(c3nc(N4CCOCC4)ccc3c1=O)C1C=CC=CC1S2. The summed E-state index contributed by atoms with van der Waals surface area (Å²) in [5.41, 5.74) is 0.391. The Hall–Kier alpha value is -2.62. The van der Waals surface area contributed by atoms with Crippen LogP contribution in [0, 0.1) is 0 Å². The number of hydrogen-bond acceptors (Lipinski definition) is 7. The van der Waals surface area contributed by atoms with Crippen molar-refractivity contribution < 1.29 is 14.6 Å². The predicted octanol–water partition coefficient (Wildman–Crippen LogP) is 1.10. The fraction of sp³-hybridized carbons (Fsp3) is 0.381. The van der Waals surface area contributed by atoms with E-state index in [1.807, 2.05) is 22.8 Å². The molecule has 8 nitrogen and oxygen atoms in total. The molecule has 2 aliphatic heterocycles. The van der Waals surface area contributed by atoms with Crippen molar-refractivity contribution in [2.45, 2.75) is 16.3 Å². The lowest BCUT2D eigenvalue weighted by atomic mass is 10.1. The number of nitrogens with zero attached hydrogens (tertiary/aromatic N) is 3. The molecule has 2 atom stereocenters. The van der Waals surface area contributed by atoms with Crippen molar-refractivity contribution >= 4 is 34.5 Å². The van der Waals surface area contributed by atoms with Crippen molar-refractivity contribution in [3.8, 4) is 0 Å². The summed E-state index contributed by atoms with van der Waals surface area (Å²) in [4.78, 5) is 33.2. The lowest BCUT2D eigenvalue weighted by Gasteiger charge is -2.28. The minimum Gasteiger partial charge on any atom is -0.395 e. The number of carbonyl (C=O) groups excluding carboxylic acids is 1. The lowest BCUT2D eigenvalue weighted by Crippen LogP contribution is -2.37. The molecule has 0 aromatic carbocycles. The molecule has 1 fully saturated rings. The summed E-state index contributed by atoms with van der Waals surface area (Å²) < 4.78 is 7.46. The second-order valence-electron chi connectivity index (χ2n) is 7.34. The molecule has 2 unspecified atom stereocenters. The van der Waals surface area contributed by atoms with Gasteiger partial charge >= 0.3 is 0 Å². The van der Waals surface area contributed by atoms with Gasteiger partial charge in [0, 0.05) is 19.6 Å². The maximum Gasteiger partial charge on any atom is 0.258 e. The Morgan fingerprint density at radius 1 is 1.27 bits per heavy atom. The summed E-state index contributed by atoms with van der Waals surface area (Å²) in [6.45, 7) is 2.71. The molecule has 1 amide bonds. The maximum atomic E-state index is 13.3. The Kier molecular flexibility index (Phi) is 5.10. The van der Waals surface area contributed by atoms with Crippen molar-refractivity contribution in [2.24, 2.45) is 0 Å². The molecule has 0 spiro atoms. The van der Waals surface area contributed by atoms with E-state index in [0.717, 1.165) is 18.9 Å². The zero-order chi connectivity index (χ0) is 20.7. The second kappa shape index (κ2) is 7.90. The molecule has 2 aromatic rings. The molecule has 9 heteroatoms. The van der Waals surface area contributed by atoms with E-state index in [2.05, 4.69) is 22.4 Å². The fourth-order valence-corrected chi connectivity index (χ4v) is 5.52. The van der Waals surface area contributed by atoms with Gasteiger partial charge in [0.25, 0.3) is 5.91 Å². The minimum atomic E-state index is -0.462. The van der Waals surface area contributed by atoms with Gasteiger partial charge < -0.3 is 24.6 Å². The number of morpholine rings is 1. The van der Waals surface area contributed by atoms with Crippen LogP contribution in [0.4, 0.5) is 5.82 Å². The van der Waals surface area contributed by atoms with Crippen molar-refractivity contribution in [2.75, 3.05) is 44.4 Å². The number of thioether (sulfide) groups is 1. The normalized spacial score (nSPS) is 22.2. The van der Waals surface area contributed by atoms with E-state index in [1.54, 1.807) is 6.07 Å². The van der Waals surface area contributed by atoms with E-state index in [4.69, 9.17) is 14.8 Å². The van der Waals surface area contributed by atoms with Crippen LogP contribution in [0.3, 0.4) is 0 Å². The van der Waals surface area contributed by atoms with Gasteiger partial charge in [0.1, 0.15) is 17.0 Å². The van der Waals surface area contributed by atoms with Gasteiger partial charge in [0.2, 0.25) is 5.43 Å². The number of pyridine rings is 2. The van der Waals surface area contributed by atoms with Crippen LogP contribution < -0.4 is 15.6 Å². The zero-order valence-corrected chi connectivity index (χ0v) is 17.1. The minimum absolute atomic E-state index is 0.0186. The Morgan fingerprint density at radius 3 is 2.87 bits per heavy atom. The molecule has 1 aliphatic carbocycles. The highest BCUT2D eigenvalue weighted by Gasteiger charge is 2.37. The van der Waals surface area contributed by atoms with Gasteiger partial charge in [-0.1, -0.05) is 36.1 Å². The first kappa shape index (κ1) is 19.3. The standard InChI is InChI=1S/C21H22N4O4S/c26-10-7-22-20(28)17-18(27)13-5-6-16(24-8-11-29-12-9-24)23-19(13)25-14-3-1-2-4-15(14)30-21(17)25/h1-6,14-15,26H,7-12H2,(H,22,28). The number of anilines is 1. The Bertz CT molecular complexity index is 1120. The van der Waals surface area contributed by atoms with Crippen molar-refractivity contribution in [3.63, 3.8) is 0 Å². The Morgan fingerprint density at radius 2 is 2.07 bits per heavy atom. The van der Waals surface area contributed by atoms with Gasteiger partial charge in [0.15, 0.2) is 0 Å². The quantitative estimate of drug-likeness (QED) is 0.756. The number of aliphatic hydroxyl groups is 1. The molecule has 2 aromatic heterocycles. The number of fused-ring (bicyclic) bond motifs is 5. The molecular formula is C21H22N4O4S. The van der Waals surface area contributed by atoms with Crippen LogP contribution >= 0.6 is 11.8 Å². The number of aromatic nitrogens is 2.